The Bertz CT molecular complexity index is 728. The van der Waals surface area contributed by atoms with E-state index in [-0.39, 0.29) is 6.10 Å². The van der Waals surface area contributed by atoms with Gasteiger partial charge in [-0.15, -0.1) is 11.3 Å². The van der Waals surface area contributed by atoms with Crippen molar-refractivity contribution in [1.82, 2.24) is 9.88 Å². The van der Waals surface area contributed by atoms with Crippen LogP contribution in [0.1, 0.15) is 24.6 Å². The minimum absolute atomic E-state index is 0.259. The number of thiazole rings is 1. The van der Waals surface area contributed by atoms with Gasteiger partial charge in [0.2, 0.25) is 0 Å². The van der Waals surface area contributed by atoms with Gasteiger partial charge < -0.3 is 20.3 Å². The number of fused-ring (bicyclic) bond motifs is 1. The standard InChI is InChI=1S/C19H28N4OS/c1-5-15-12-23(10-6-9-22(3)4)16-11-14(7-8-17(16)24-15)18-13(2)25-19(20)21-18/h7-8,11,15H,5-6,9-10,12H2,1-4H3,(H2,20,21). The predicted octanol–water partition coefficient (Wildman–Crippen LogP) is 3.63. The fourth-order valence-corrected chi connectivity index (χ4v) is 3.97. The third kappa shape index (κ3) is 4.07. The molecule has 1 aromatic heterocycles. The van der Waals surface area contributed by atoms with E-state index in [1.54, 1.807) is 0 Å². The highest BCUT2D eigenvalue weighted by Gasteiger charge is 2.25. The molecule has 1 unspecified atom stereocenters. The lowest BCUT2D eigenvalue weighted by atomic mass is 10.1. The van der Waals surface area contributed by atoms with Crippen LogP contribution in [0.5, 0.6) is 5.75 Å². The number of hydrogen-bond donors (Lipinski definition) is 1. The second-order valence-electron chi connectivity index (χ2n) is 6.89. The molecule has 5 nitrogen and oxygen atoms in total. The average molecular weight is 361 g/mol. The van der Waals surface area contributed by atoms with Crippen LogP contribution in [-0.2, 0) is 0 Å². The molecule has 0 amide bonds. The normalized spacial score (nSPS) is 16.8. The Hall–Kier alpha value is -1.79. The molecular weight excluding hydrogens is 332 g/mol. The molecule has 0 fully saturated rings. The fourth-order valence-electron chi connectivity index (χ4n) is 3.26. The number of nitrogen functional groups attached to an aromatic ring is 1. The molecular formula is C19H28N4OS. The molecule has 0 spiro atoms. The molecule has 2 N–H and O–H groups in total. The van der Waals surface area contributed by atoms with Gasteiger partial charge in [0.25, 0.3) is 0 Å². The second-order valence-corrected chi connectivity index (χ2v) is 8.13. The topological polar surface area (TPSA) is 54.6 Å². The van der Waals surface area contributed by atoms with E-state index in [2.05, 4.69) is 60.9 Å². The Morgan fingerprint density at radius 1 is 1.40 bits per heavy atom. The monoisotopic (exact) mass is 360 g/mol. The minimum atomic E-state index is 0.259. The molecule has 2 aromatic rings. The van der Waals surface area contributed by atoms with E-state index >= 15 is 0 Å². The van der Waals surface area contributed by atoms with Crippen LogP contribution in [0, 0.1) is 6.92 Å². The van der Waals surface area contributed by atoms with Gasteiger partial charge in [-0.25, -0.2) is 4.98 Å². The van der Waals surface area contributed by atoms with Gasteiger partial charge >= 0.3 is 0 Å². The van der Waals surface area contributed by atoms with Crippen LogP contribution in [0.2, 0.25) is 0 Å². The first-order valence-electron chi connectivity index (χ1n) is 8.91. The number of nitrogens with two attached hydrogens (primary N) is 1. The fraction of sp³-hybridized carbons (Fsp3) is 0.526. The Labute approximate surface area is 154 Å². The third-order valence-corrected chi connectivity index (χ3v) is 5.39. The number of rotatable bonds is 6. The first-order chi connectivity index (χ1) is 12.0. The largest absolute Gasteiger partial charge is 0.486 e. The van der Waals surface area contributed by atoms with Crippen molar-refractivity contribution in [2.24, 2.45) is 0 Å². The first-order valence-corrected chi connectivity index (χ1v) is 9.73. The molecule has 3 rings (SSSR count). The zero-order chi connectivity index (χ0) is 18.0. The van der Waals surface area contributed by atoms with Crippen molar-refractivity contribution in [2.75, 3.05) is 44.4 Å². The molecule has 1 atom stereocenters. The molecule has 0 saturated heterocycles. The summed E-state index contributed by atoms with van der Waals surface area (Å²) < 4.78 is 6.17. The molecule has 25 heavy (non-hydrogen) atoms. The van der Waals surface area contributed by atoms with Gasteiger partial charge in [0.15, 0.2) is 5.13 Å². The molecule has 0 bridgehead atoms. The minimum Gasteiger partial charge on any atom is -0.486 e. The zero-order valence-electron chi connectivity index (χ0n) is 15.6. The predicted molar refractivity (Wildman–Crippen MR) is 107 cm³/mol. The molecule has 1 aliphatic heterocycles. The molecule has 2 heterocycles. The van der Waals surface area contributed by atoms with E-state index in [1.807, 2.05) is 0 Å². The van der Waals surface area contributed by atoms with Crippen molar-refractivity contribution in [2.45, 2.75) is 32.8 Å². The summed E-state index contributed by atoms with van der Waals surface area (Å²) in [4.78, 5) is 10.3. The third-order valence-electron chi connectivity index (χ3n) is 4.59. The second kappa shape index (κ2) is 7.62. The molecule has 6 heteroatoms. The molecule has 0 saturated carbocycles. The van der Waals surface area contributed by atoms with Crippen molar-refractivity contribution < 1.29 is 4.74 Å². The Morgan fingerprint density at radius 2 is 2.20 bits per heavy atom. The van der Waals surface area contributed by atoms with Crippen LogP contribution in [0.4, 0.5) is 10.8 Å². The first kappa shape index (κ1) is 18.0. The van der Waals surface area contributed by atoms with Crippen molar-refractivity contribution in [1.29, 1.82) is 0 Å². The zero-order valence-corrected chi connectivity index (χ0v) is 16.4. The smallest absolute Gasteiger partial charge is 0.180 e. The number of aromatic nitrogens is 1. The molecule has 0 aliphatic carbocycles. The number of aryl methyl sites for hydroxylation is 1. The van der Waals surface area contributed by atoms with Gasteiger partial charge in [-0.1, -0.05) is 6.92 Å². The maximum Gasteiger partial charge on any atom is 0.180 e. The van der Waals surface area contributed by atoms with Gasteiger partial charge in [-0.2, -0.15) is 0 Å². The van der Waals surface area contributed by atoms with Crippen LogP contribution in [-0.4, -0.2) is 49.7 Å². The average Bonchev–Trinajstić information content (AvgIpc) is 2.92. The lowest BCUT2D eigenvalue weighted by molar-refractivity contribution is 0.188. The number of nitrogens with zero attached hydrogens (tertiary/aromatic N) is 3. The van der Waals surface area contributed by atoms with Crippen molar-refractivity contribution >= 4 is 22.2 Å². The number of hydrogen-bond acceptors (Lipinski definition) is 6. The summed E-state index contributed by atoms with van der Waals surface area (Å²) in [6.07, 6.45) is 2.41. The lowest BCUT2D eigenvalue weighted by Crippen LogP contribution is -2.40. The van der Waals surface area contributed by atoms with Crippen LogP contribution < -0.4 is 15.4 Å². The number of benzene rings is 1. The van der Waals surface area contributed by atoms with Crippen molar-refractivity contribution in [3.8, 4) is 17.0 Å². The van der Waals surface area contributed by atoms with E-state index in [0.717, 1.165) is 54.4 Å². The highest BCUT2D eigenvalue weighted by molar-refractivity contribution is 7.15. The van der Waals surface area contributed by atoms with E-state index in [1.165, 1.54) is 17.0 Å². The summed E-state index contributed by atoms with van der Waals surface area (Å²) in [6.45, 7) is 7.32. The van der Waals surface area contributed by atoms with E-state index in [4.69, 9.17) is 10.5 Å². The summed E-state index contributed by atoms with van der Waals surface area (Å²) in [7, 11) is 4.24. The Morgan fingerprint density at radius 3 is 2.84 bits per heavy atom. The van der Waals surface area contributed by atoms with Crippen LogP contribution in [0.25, 0.3) is 11.3 Å². The number of anilines is 2. The van der Waals surface area contributed by atoms with Crippen LogP contribution >= 0.6 is 11.3 Å². The van der Waals surface area contributed by atoms with Gasteiger partial charge in [0.1, 0.15) is 11.9 Å². The van der Waals surface area contributed by atoms with E-state index in [0.29, 0.717) is 5.13 Å². The van der Waals surface area contributed by atoms with Crippen molar-refractivity contribution in [3.05, 3.63) is 23.1 Å². The van der Waals surface area contributed by atoms with Gasteiger partial charge in [-0.05, 0) is 58.6 Å². The Balaban J connectivity index is 1.89. The van der Waals surface area contributed by atoms with Crippen LogP contribution in [0.3, 0.4) is 0 Å². The molecule has 0 radical (unpaired) electrons. The summed E-state index contributed by atoms with van der Waals surface area (Å²) in [5, 5.41) is 0.621. The van der Waals surface area contributed by atoms with Gasteiger partial charge in [-0.3, -0.25) is 0 Å². The SMILES string of the molecule is CCC1CN(CCCN(C)C)c2cc(-c3nc(N)sc3C)ccc2O1. The van der Waals surface area contributed by atoms with Gasteiger partial charge in [0.05, 0.1) is 17.9 Å². The summed E-state index contributed by atoms with van der Waals surface area (Å²) in [6, 6.07) is 6.38. The highest BCUT2D eigenvalue weighted by Crippen LogP contribution is 2.39. The van der Waals surface area contributed by atoms with E-state index < -0.39 is 0 Å². The van der Waals surface area contributed by atoms with Gasteiger partial charge in [0, 0.05) is 17.0 Å². The molecule has 136 valence electrons. The summed E-state index contributed by atoms with van der Waals surface area (Å²) in [5.74, 6) is 0.979. The summed E-state index contributed by atoms with van der Waals surface area (Å²) in [5.41, 5.74) is 9.15. The number of ether oxygens (including phenoxy) is 1. The van der Waals surface area contributed by atoms with E-state index in [9.17, 15) is 0 Å². The quantitative estimate of drug-likeness (QED) is 0.852. The summed E-state index contributed by atoms with van der Waals surface area (Å²) >= 11 is 1.54. The Kier molecular flexibility index (Phi) is 5.49. The highest BCUT2D eigenvalue weighted by atomic mass is 32.1. The maximum atomic E-state index is 6.17. The van der Waals surface area contributed by atoms with Crippen molar-refractivity contribution in [3.63, 3.8) is 0 Å². The maximum absolute atomic E-state index is 6.17. The molecule has 1 aliphatic rings. The van der Waals surface area contributed by atoms with Crippen LogP contribution in [0.15, 0.2) is 18.2 Å². The lowest BCUT2D eigenvalue weighted by Gasteiger charge is -2.36. The molecule has 1 aromatic carbocycles.